The number of hydrogen-bond donors (Lipinski definition) is 2. The average molecular weight is 501 g/mol. The number of allylic oxidation sites excluding steroid dienone is 2. The van der Waals surface area contributed by atoms with Crippen LogP contribution in [0, 0.1) is 50.2 Å². The summed E-state index contributed by atoms with van der Waals surface area (Å²) < 4.78 is 5.21. The number of carbonyl (C=O) groups excluding carboxylic acids is 1. The summed E-state index contributed by atoms with van der Waals surface area (Å²) in [5.74, 6) is -0.0142. The lowest BCUT2D eigenvalue weighted by atomic mass is 9.33. The van der Waals surface area contributed by atoms with Gasteiger partial charge in [-0.1, -0.05) is 46.3 Å². The highest BCUT2D eigenvalue weighted by molar-refractivity contribution is 5.80. The van der Waals surface area contributed by atoms with Gasteiger partial charge in [-0.3, -0.25) is 9.59 Å². The number of fused-ring (bicyclic) bond motifs is 7. The van der Waals surface area contributed by atoms with Gasteiger partial charge in [-0.05, 0) is 111 Å². The maximum absolute atomic E-state index is 12.9. The molecule has 4 fully saturated rings. The van der Waals surface area contributed by atoms with Crippen LogP contribution in [0.1, 0.15) is 106 Å². The van der Waals surface area contributed by atoms with E-state index < -0.39 is 16.8 Å². The maximum Gasteiger partial charge on any atom is 0.311 e. The van der Waals surface area contributed by atoms with Crippen molar-refractivity contribution in [1.82, 2.24) is 0 Å². The summed E-state index contributed by atoms with van der Waals surface area (Å²) in [7, 11) is 1.45. The third-order valence-electron chi connectivity index (χ3n) is 13.5. The minimum Gasteiger partial charge on any atom is -0.481 e. The zero-order valence-corrected chi connectivity index (χ0v) is 23.6. The van der Waals surface area contributed by atoms with Gasteiger partial charge in [0.25, 0.3) is 0 Å². The molecule has 5 rings (SSSR count). The van der Waals surface area contributed by atoms with Crippen molar-refractivity contribution in [1.29, 1.82) is 0 Å². The molecule has 0 heterocycles. The Morgan fingerprint density at radius 2 is 1.58 bits per heavy atom. The number of rotatable bonds is 2. The number of methoxy groups -OCH3 is 1. The van der Waals surface area contributed by atoms with E-state index in [1.807, 2.05) is 6.92 Å². The highest BCUT2D eigenvalue weighted by Gasteiger charge is 2.69. The van der Waals surface area contributed by atoms with Gasteiger partial charge in [-0.2, -0.15) is 0 Å². The van der Waals surface area contributed by atoms with Gasteiger partial charge in [0.1, 0.15) is 0 Å². The fourth-order valence-corrected chi connectivity index (χ4v) is 10.9. The number of carbonyl (C=O) groups is 2. The molecule has 4 saturated carbocycles. The summed E-state index contributed by atoms with van der Waals surface area (Å²) >= 11 is 0. The molecule has 5 aliphatic rings. The predicted molar refractivity (Wildman–Crippen MR) is 139 cm³/mol. The van der Waals surface area contributed by atoms with Crippen LogP contribution in [0.25, 0.3) is 0 Å². The van der Waals surface area contributed by atoms with Crippen molar-refractivity contribution >= 4 is 11.9 Å². The van der Waals surface area contributed by atoms with Crippen molar-refractivity contribution in [2.24, 2.45) is 50.2 Å². The molecule has 0 aliphatic heterocycles. The molecule has 0 bridgehead atoms. The fraction of sp³-hybridized carbons (Fsp3) is 0.871. The lowest BCUT2D eigenvalue weighted by Crippen LogP contribution is -2.65. The highest BCUT2D eigenvalue weighted by atomic mass is 16.5. The Balaban J connectivity index is 1.60. The Morgan fingerprint density at radius 1 is 0.917 bits per heavy atom. The standard InChI is InChI=1S/C31H48O5/c1-26(2)21-10-13-30(6)22(28(21,4)12-11-23(26)32)9-8-19-20-18-27(3,25(35)36-7)14-16-31(20,24(33)34)17-15-29(19,30)5/h8,20-23,32H,9-18H2,1-7H3,(H,33,34). The first-order chi connectivity index (χ1) is 16.6. The van der Waals surface area contributed by atoms with Crippen LogP contribution in [-0.4, -0.2) is 35.4 Å². The van der Waals surface area contributed by atoms with E-state index in [9.17, 15) is 19.8 Å². The summed E-state index contributed by atoms with van der Waals surface area (Å²) in [5.41, 5.74) is -0.0258. The topological polar surface area (TPSA) is 83.8 Å². The summed E-state index contributed by atoms with van der Waals surface area (Å²) in [6.07, 6.45) is 10.6. The number of aliphatic hydroxyl groups excluding tert-OH is 1. The first-order valence-corrected chi connectivity index (χ1v) is 14.3. The van der Waals surface area contributed by atoms with Gasteiger partial charge >= 0.3 is 11.9 Å². The number of carboxylic acid groups (broad SMARTS) is 1. The fourth-order valence-electron chi connectivity index (χ4n) is 10.9. The van der Waals surface area contributed by atoms with Crippen molar-refractivity contribution in [3.05, 3.63) is 11.6 Å². The van der Waals surface area contributed by atoms with Crippen molar-refractivity contribution in [3.63, 3.8) is 0 Å². The molecule has 0 aromatic carbocycles. The largest absolute Gasteiger partial charge is 0.481 e. The first kappa shape index (κ1) is 26.3. The molecule has 202 valence electrons. The van der Waals surface area contributed by atoms with E-state index in [1.54, 1.807) is 0 Å². The molecule has 5 nitrogen and oxygen atoms in total. The quantitative estimate of drug-likeness (QED) is 0.339. The van der Waals surface area contributed by atoms with Gasteiger partial charge in [0.05, 0.1) is 24.0 Å². The van der Waals surface area contributed by atoms with Crippen LogP contribution in [0.3, 0.4) is 0 Å². The van der Waals surface area contributed by atoms with Gasteiger partial charge in [0.15, 0.2) is 0 Å². The number of aliphatic hydroxyl groups is 1. The average Bonchev–Trinajstić information content (AvgIpc) is 2.81. The predicted octanol–water partition coefficient (Wildman–Crippen LogP) is 6.39. The molecule has 0 spiro atoms. The molecule has 0 radical (unpaired) electrons. The van der Waals surface area contributed by atoms with Gasteiger partial charge < -0.3 is 14.9 Å². The molecular weight excluding hydrogens is 452 g/mol. The number of hydrogen-bond acceptors (Lipinski definition) is 4. The van der Waals surface area contributed by atoms with Crippen molar-refractivity contribution in [2.75, 3.05) is 7.11 Å². The monoisotopic (exact) mass is 500 g/mol. The molecular formula is C31H48O5. The van der Waals surface area contributed by atoms with Crippen LogP contribution in [-0.2, 0) is 14.3 Å². The Bertz CT molecular complexity index is 999. The molecule has 9 atom stereocenters. The number of esters is 1. The SMILES string of the molecule is COC(=O)C1(C)CCC2(C(=O)O)CCC3(C)C(=CCC4C5(C)CCC(O)C(C)(C)C5CCC43C)C2C1. The van der Waals surface area contributed by atoms with E-state index >= 15 is 0 Å². The molecule has 0 aromatic heterocycles. The number of ether oxygens (including phenoxy) is 1. The molecule has 9 unspecified atom stereocenters. The van der Waals surface area contributed by atoms with Gasteiger partial charge in [0.2, 0.25) is 0 Å². The Kier molecular flexibility index (Phi) is 5.71. The lowest BCUT2D eigenvalue weighted by molar-refractivity contribution is -0.206. The van der Waals surface area contributed by atoms with E-state index in [0.29, 0.717) is 37.5 Å². The van der Waals surface area contributed by atoms with Crippen molar-refractivity contribution < 1.29 is 24.5 Å². The van der Waals surface area contributed by atoms with Crippen LogP contribution in [0.4, 0.5) is 0 Å². The minimum absolute atomic E-state index is 0.0739. The zero-order valence-electron chi connectivity index (χ0n) is 23.6. The van der Waals surface area contributed by atoms with Gasteiger partial charge in [-0.15, -0.1) is 0 Å². The third-order valence-corrected chi connectivity index (χ3v) is 13.5. The van der Waals surface area contributed by atoms with Gasteiger partial charge in [0, 0.05) is 0 Å². The Morgan fingerprint density at radius 3 is 2.22 bits per heavy atom. The molecule has 0 amide bonds. The van der Waals surface area contributed by atoms with Gasteiger partial charge in [-0.25, -0.2) is 0 Å². The molecule has 0 aromatic rings. The Hall–Kier alpha value is -1.36. The van der Waals surface area contributed by atoms with E-state index in [2.05, 4.69) is 40.7 Å². The number of carboxylic acids is 1. The molecule has 0 saturated heterocycles. The zero-order chi connectivity index (χ0) is 26.5. The maximum atomic E-state index is 12.9. The minimum atomic E-state index is -0.778. The second kappa shape index (κ2) is 7.83. The van der Waals surface area contributed by atoms with E-state index in [4.69, 9.17) is 4.74 Å². The second-order valence-corrected chi connectivity index (χ2v) is 14.9. The lowest BCUT2D eigenvalue weighted by Gasteiger charge is -2.71. The summed E-state index contributed by atoms with van der Waals surface area (Å²) in [5, 5.41) is 21.5. The van der Waals surface area contributed by atoms with E-state index in [-0.39, 0.29) is 39.7 Å². The molecule has 5 heteroatoms. The second-order valence-electron chi connectivity index (χ2n) is 14.9. The van der Waals surface area contributed by atoms with Crippen LogP contribution < -0.4 is 0 Å². The Labute approximate surface area is 217 Å². The van der Waals surface area contributed by atoms with Crippen LogP contribution in [0.5, 0.6) is 0 Å². The molecule has 2 N–H and O–H groups in total. The number of aliphatic carboxylic acids is 1. The van der Waals surface area contributed by atoms with Crippen LogP contribution in [0.15, 0.2) is 11.6 Å². The summed E-state index contributed by atoms with van der Waals surface area (Å²) in [4.78, 5) is 25.7. The van der Waals surface area contributed by atoms with E-state index in [0.717, 1.165) is 38.5 Å². The van der Waals surface area contributed by atoms with Crippen LogP contribution >= 0.6 is 0 Å². The molecule has 5 aliphatic carbocycles. The van der Waals surface area contributed by atoms with E-state index in [1.165, 1.54) is 12.7 Å². The van der Waals surface area contributed by atoms with Crippen LogP contribution in [0.2, 0.25) is 0 Å². The summed E-state index contributed by atoms with van der Waals surface area (Å²) in [6, 6.07) is 0. The first-order valence-electron chi connectivity index (χ1n) is 14.3. The summed E-state index contributed by atoms with van der Waals surface area (Å²) in [6.45, 7) is 13.9. The highest BCUT2D eigenvalue weighted by Crippen LogP contribution is 2.75. The normalized spacial score (nSPS) is 51.5. The van der Waals surface area contributed by atoms with Crippen molar-refractivity contribution in [2.45, 2.75) is 112 Å². The molecule has 36 heavy (non-hydrogen) atoms. The smallest absolute Gasteiger partial charge is 0.311 e. The third kappa shape index (κ3) is 3.04. The van der Waals surface area contributed by atoms with Crippen molar-refractivity contribution in [3.8, 4) is 0 Å².